The van der Waals surface area contributed by atoms with Crippen LogP contribution in [0.5, 0.6) is 0 Å². The van der Waals surface area contributed by atoms with Crippen LogP contribution in [0.2, 0.25) is 0 Å². The number of carbonyl (C=O) groups excluding carboxylic acids is 2. The lowest BCUT2D eigenvalue weighted by atomic mass is 10.0. The summed E-state index contributed by atoms with van der Waals surface area (Å²) in [7, 11) is -5.49. The molecule has 11 heteroatoms. The van der Waals surface area contributed by atoms with Crippen molar-refractivity contribution in [2.45, 2.75) is 212 Å². The summed E-state index contributed by atoms with van der Waals surface area (Å²) in [5.41, 5.74) is 0. The summed E-state index contributed by atoms with van der Waals surface area (Å²) in [6, 6.07) is 0. The Morgan fingerprint density at radius 3 is 1.48 bits per heavy atom. The molecule has 0 rings (SSSR count). The van der Waals surface area contributed by atoms with Gasteiger partial charge in [0.15, 0.2) is 6.08 Å². The van der Waals surface area contributed by atoms with E-state index in [9.17, 15) is 24.2 Å². The SMILES string of the molecule is [2H]C([2H])(OC(=O)CCCCCCCCCCCCCCCC)[C@@]([2H])(OC(=O)CCCCCCC/C=C/CCCCCCCC)C([2H])([2H])OP(=O)(O)OCC(O)CO. The summed E-state index contributed by atoms with van der Waals surface area (Å²) in [5.74, 6) is -2.32. The number of aliphatic hydroxyl groups excluding tert-OH is 2. The zero-order valence-electron chi connectivity index (χ0n) is 37.8. The first kappa shape index (κ1) is 41.9. The molecule has 0 radical (unpaired) electrons. The van der Waals surface area contributed by atoms with E-state index in [0.717, 1.165) is 57.8 Å². The first-order valence-electron chi connectivity index (χ1n) is 23.1. The van der Waals surface area contributed by atoms with Crippen LogP contribution in [0.3, 0.4) is 0 Å². The van der Waals surface area contributed by atoms with Crippen molar-refractivity contribution >= 4 is 19.8 Å². The van der Waals surface area contributed by atoms with Gasteiger partial charge < -0.3 is 24.6 Å². The summed E-state index contributed by atoms with van der Waals surface area (Å²) in [4.78, 5) is 35.7. The van der Waals surface area contributed by atoms with E-state index in [0.29, 0.717) is 19.3 Å². The maximum Gasteiger partial charge on any atom is 0.472 e. The van der Waals surface area contributed by atoms with E-state index in [1.165, 1.54) is 89.9 Å². The van der Waals surface area contributed by atoms with Crippen molar-refractivity contribution < 1.29 is 54.6 Å². The van der Waals surface area contributed by atoms with Crippen molar-refractivity contribution in [2.75, 3.05) is 26.3 Å². The highest BCUT2D eigenvalue weighted by Crippen LogP contribution is 2.43. The van der Waals surface area contributed by atoms with Crippen LogP contribution in [0.4, 0.5) is 0 Å². The second kappa shape index (κ2) is 38.0. The number of esters is 2. The number of ether oxygens (including phenoxy) is 2. The highest BCUT2D eigenvalue weighted by molar-refractivity contribution is 7.47. The van der Waals surface area contributed by atoms with Crippen LogP contribution in [0.15, 0.2) is 12.2 Å². The minimum absolute atomic E-state index is 0.249. The Morgan fingerprint density at radius 1 is 0.635 bits per heavy atom. The topological polar surface area (TPSA) is 149 Å². The summed E-state index contributed by atoms with van der Waals surface area (Å²) < 4.78 is 73.5. The van der Waals surface area contributed by atoms with Crippen LogP contribution in [-0.2, 0) is 32.7 Å². The van der Waals surface area contributed by atoms with Crippen molar-refractivity contribution in [3.8, 4) is 0 Å². The fourth-order valence-corrected chi connectivity index (χ4v) is 6.16. The molecule has 0 saturated carbocycles. The quantitative estimate of drug-likeness (QED) is 0.0238. The molecule has 3 atom stereocenters. The van der Waals surface area contributed by atoms with Gasteiger partial charge in [-0.05, 0) is 38.5 Å². The summed E-state index contributed by atoms with van der Waals surface area (Å²) in [6.07, 6.45) is 26.9. The normalized spacial score (nSPS) is 16.6. The van der Waals surface area contributed by atoms with Crippen LogP contribution in [0.1, 0.15) is 207 Å². The molecule has 0 aliphatic carbocycles. The molecule has 0 aromatic rings. The second-order valence-corrected chi connectivity index (χ2v) is 15.2. The molecule has 2 unspecified atom stereocenters. The van der Waals surface area contributed by atoms with Gasteiger partial charge in [-0.1, -0.05) is 161 Å². The Kier molecular flexibility index (Phi) is 30.6. The number of phosphoric acid groups is 1. The van der Waals surface area contributed by atoms with Crippen LogP contribution in [0.25, 0.3) is 0 Å². The number of carbonyl (C=O) groups is 2. The highest BCUT2D eigenvalue weighted by Gasteiger charge is 2.27. The third kappa shape index (κ3) is 37.0. The molecule has 0 amide bonds. The average Bonchev–Trinajstić information content (AvgIpc) is 3.14. The lowest BCUT2D eigenvalue weighted by molar-refractivity contribution is -0.161. The zero-order chi connectivity index (χ0) is 42.9. The van der Waals surface area contributed by atoms with E-state index in [4.69, 9.17) is 21.4 Å². The van der Waals surface area contributed by atoms with E-state index >= 15 is 0 Å². The predicted molar refractivity (Wildman–Crippen MR) is 210 cm³/mol. The molecule has 0 aromatic heterocycles. The first-order chi connectivity index (χ1) is 27.1. The smallest absolute Gasteiger partial charge is 0.462 e. The molecule has 0 bridgehead atoms. The molecule has 0 aliphatic rings. The number of aliphatic hydroxyl groups is 2. The molecule has 0 aromatic carbocycles. The van der Waals surface area contributed by atoms with Gasteiger partial charge in [0.1, 0.15) is 12.7 Å². The molecule has 10 nitrogen and oxygen atoms in total. The average molecular weight is 768 g/mol. The minimum Gasteiger partial charge on any atom is -0.462 e. The Labute approximate surface area is 324 Å². The van der Waals surface area contributed by atoms with Crippen molar-refractivity contribution in [1.82, 2.24) is 0 Å². The Bertz CT molecular complexity index is 1100. The number of unbranched alkanes of at least 4 members (excludes halogenated alkanes) is 24. The minimum atomic E-state index is -5.49. The van der Waals surface area contributed by atoms with Crippen molar-refractivity contribution in [1.29, 1.82) is 0 Å². The van der Waals surface area contributed by atoms with Gasteiger partial charge in [-0.15, -0.1) is 0 Å². The van der Waals surface area contributed by atoms with Gasteiger partial charge in [0.2, 0.25) is 0 Å². The number of allylic oxidation sites excluding steroid dienone is 2. The predicted octanol–water partition coefficient (Wildman–Crippen LogP) is 10.8. The molecule has 0 heterocycles. The Balaban J connectivity index is 5.03. The molecule has 0 fully saturated rings. The van der Waals surface area contributed by atoms with E-state index < -0.39 is 58.3 Å². The van der Waals surface area contributed by atoms with E-state index in [-0.39, 0.29) is 19.3 Å². The monoisotopic (exact) mass is 768 g/mol. The van der Waals surface area contributed by atoms with E-state index in [2.05, 4.69) is 35.0 Å². The number of hydrogen-bond acceptors (Lipinski definition) is 9. The van der Waals surface area contributed by atoms with Gasteiger partial charge in [-0.3, -0.25) is 18.6 Å². The number of rotatable bonds is 40. The molecule has 3 N–H and O–H groups in total. The molecular weight excluding hydrogens is 683 g/mol. The maximum absolute atomic E-state index is 12.9. The van der Waals surface area contributed by atoms with Crippen molar-refractivity contribution in [3.63, 3.8) is 0 Å². The third-order valence-electron chi connectivity index (χ3n) is 8.75. The molecular formula is C41H79O10P. The lowest BCUT2D eigenvalue weighted by Crippen LogP contribution is -2.29. The van der Waals surface area contributed by atoms with Gasteiger partial charge in [-0.2, -0.15) is 0 Å². The third-order valence-corrected chi connectivity index (χ3v) is 9.54. The molecule has 0 saturated heterocycles. The van der Waals surface area contributed by atoms with Crippen LogP contribution >= 0.6 is 7.82 Å². The molecule has 52 heavy (non-hydrogen) atoms. The summed E-state index contributed by atoms with van der Waals surface area (Å²) in [5, 5.41) is 18.4. The fraction of sp³-hybridized carbons (Fsp3) is 0.902. The van der Waals surface area contributed by atoms with Crippen LogP contribution in [0, 0.1) is 0 Å². The van der Waals surface area contributed by atoms with Gasteiger partial charge in [0.25, 0.3) is 0 Å². The Hall–Kier alpha value is -1.29. The lowest BCUT2D eigenvalue weighted by Gasteiger charge is -2.20. The number of phosphoric ester groups is 1. The molecule has 0 spiro atoms. The summed E-state index contributed by atoms with van der Waals surface area (Å²) >= 11 is 0. The standard InChI is InChI=1S/C41H79O10P/c1-3-5-7-9-11-13-15-17-19-21-23-25-27-29-31-33-41(45)51-39(37-50-52(46,47)49-35-38(43)34-42)36-48-40(44)32-30-28-26-24-22-20-18-16-14-12-10-8-6-4-2/h17,19,38-39,42-43H,3-16,18,20-37H2,1-2H3,(H,46,47)/b19-17+/t38?,39-/m1/s1/i36D2,37D2,39D. The first-order valence-corrected chi connectivity index (χ1v) is 22.1. The number of hydrogen-bond donors (Lipinski definition) is 3. The largest absolute Gasteiger partial charge is 0.472 e. The molecule has 308 valence electrons. The fourth-order valence-electron chi connectivity index (χ4n) is 5.54. The Morgan fingerprint density at radius 2 is 1.04 bits per heavy atom. The maximum atomic E-state index is 12.9. The second-order valence-electron chi connectivity index (χ2n) is 13.9. The van der Waals surface area contributed by atoms with E-state index in [1.54, 1.807) is 0 Å². The van der Waals surface area contributed by atoms with Crippen LogP contribution in [-0.4, -0.2) is 65.6 Å². The zero-order valence-corrected chi connectivity index (χ0v) is 33.7. The molecule has 0 aliphatic heterocycles. The van der Waals surface area contributed by atoms with Gasteiger partial charge in [0, 0.05) is 12.8 Å². The summed E-state index contributed by atoms with van der Waals surface area (Å²) in [6.45, 7) is -5.01. The van der Waals surface area contributed by atoms with Crippen molar-refractivity contribution in [2.24, 2.45) is 0 Å². The van der Waals surface area contributed by atoms with Crippen LogP contribution < -0.4 is 0 Å². The van der Waals surface area contributed by atoms with E-state index in [1.807, 2.05) is 0 Å². The van der Waals surface area contributed by atoms with Crippen molar-refractivity contribution in [3.05, 3.63) is 12.2 Å². The van der Waals surface area contributed by atoms with Gasteiger partial charge in [0.05, 0.1) is 26.6 Å². The van der Waals surface area contributed by atoms with Gasteiger partial charge in [-0.25, -0.2) is 4.57 Å². The highest BCUT2D eigenvalue weighted by atomic mass is 31.2. The van der Waals surface area contributed by atoms with Gasteiger partial charge >= 0.3 is 19.8 Å².